The van der Waals surface area contributed by atoms with Crippen molar-refractivity contribution in [2.75, 3.05) is 26.2 Å². The van der Waals surface area contributed by atoms with E-state index in [1.807, 2.05) is 0 Å². The smallest absolute Gasteiger partial charge is 0.208 e. The van der Waals surface area contributed by atoms with Crippen LogP contribution in [0.25, 0.3) is 0 Å². The minimum atomic E-state index is 0.323. The van der Waals surface area contributed by atoms with Crippen LogP contribution in [-0.4, -0.2) is 43.2 Å². The molecular formula is C13H28N4O. The number of hydrazine groups is 1. The minimum Gasteiger partial charge on any atom is -0.376 e. The van der Waals surface area contributed by atoms with Crippen LogP contribution < -0.4 is 11.3 Å². The van der Waals surface area contributed by atoms with Crippen LogP contribution in [0.15, 0.2) is 4.99 Å². The molecule has 1 aliphatic rings. The highest BCUT2D eigenvalue weighted by atomic mass is 16.5. The SMILES string of the molecule is CCCCN=C(NN)N1CCCC(OCCC)C1. The lowest BCUT2D eigenvalue weighted by molar-refractivity contribution is 0.0158. The molecule has 5 heteroatoms. The average molecular weight is 256 g/mol. The van der Waals surface area contributed by atoms with Crippen LogP contribution in [0.5, 0.6) is 0 Å². The van der Waals surface area contributed by atoms with Crippen molar-refractivity contribution in [3.63, 3.8) is 0 Å². The zero-order valence-corrected chi connectivity index (χ0v) is 11.8. The Bertz CT molecular complexity index is 245. The van der Waals surface area contributed by atoms with Gasteiger partial charge < -0.3 is 9.64 Å². The van der Waals surface area contributed by atoms with Crippen molar-refractivity contribution in [2.45, 2.75) is 52.1 Å². The van der Waals surface area contributed by atoms with Crippen molar-refractivity contribution in [2.24, 2.45) is 10.8 Å². The Labute approximate surface area is 111 Å². The second-order valence-corrected chi connectivity index (χ2v) is 4.78. The molecule has 3 N–H and O–H groups in total. The first kappa shape index (κ1) is 15.2. The van der Waals surface area contributed by atoms with Gasteiger partial charge in [0.1, 0.15) is 0 Å². The van der Waals surface area contributed by atoms with Gasteiger partial charge in [-0.3, -0.25) is 10.4 Å². The Balaban J connectivity index is 2.44. The number of unbranched alkanes of at least 4 members (excludes halogenated alkanes) is 1. The number of hydrogen-bond donors (Lipinski definition) is 2. The van der Waals surface area contributed by atoms with Crippen molar-refractivity contribution in [3.8, 4) is 0 Å². The summed E-state index contributed by atoms with van der Waals surface area (Å²) in [6.07, 6.45) is 5.94. The number of nitrogens with one attached hydrogen (secondary N) is 1. The molecule has 0 saturated carbocycles. The third kappa shape index (κ3) is 5.23. The number of nitrogens with two attached hydrogens (primary N) is 1. The number of ether oxygens (including phenoxy) is 1. The molecule has 1 saturated heterocycles. The molecule has 0 amide bonds. The summed E-state index contributed by atoms with van der Waals surface area (Å²) >= 11 is 0. The van der Waals surface area contributed by atoms with E-state index in [0.29, 0.717) is 6.10 Å². The van der Waals surface area contributed by atoms with Gasteiger partial charge in [0.05, 0.1) is 6.10 Å². The third-order valence-corrected chi connectivity index (χ3v) is 3.14. The van der Waals surface area contributed by atoms with Gasteiger partial charge in [-0.25, -0.2) is 5.84 Å². The average Bonchev–Trinajstić information content (AvgIpc) is 2.42. The van der Waals surface area contributed by atoms with Crippen LogP contribution in [0, 0.1) is 0 Å². The predicted octanol–water partition coefficient (Wildman–Crippen LogP) is 1.50. The van der Waals surface area contributed by atoms with Crippen LogP contribution in [-0.2, 0) is 4.74 Å². The molecule has 1 unspecified atom stereocenters. The van der Waals surface area contributed by atoms with E-state index in [2.05, 4.69) is 29.2 Å². The molecule has 0 aliphatic carbocycles. The van der Waals surface area contributed by atoms with Gasteiger partial charge in [-0.1, -0.05) is 20.3 Å². The Morgan fingerprint density at radius 1 is 1.44 bits per heavy atom. The summed E-state index contributed by atoms with van der Waals surface area (Å²) in [5, 5.41) is 0. The van der Waals surface area contributed by atoms with Crippen LogP contribution in [0.3, 0.4) is 0 Å². The van der Waals surface area contributed by atoms with Crippen LogP contribution in [0.4, 0.5) is 0 Å². The summed E-state index contributed by atoms with van der Waals surface area (Å²) < 4.78 is 5.82. The second-order valence-electron chi connectivity index (χ2n) is 4.78. The van der Waals surface area contributed by atoms with Gasteiger partial charge in [0.2, 0.25) is 5.96 Å². The Hall–Kier alpha value is -0.810. The van der Waals surface area contributed by atoms with E-state index >= 15 is 0 Å². The summed E-state index contributed by atoms with van der Waals surface area (Å²) in [6.45, 7) is 7.90. The monoisotopic (exact) mass is 256 g/mol. The maximum Gasteiger partial charge on any atom is 0.208 e. The molecule has 0 spiro atoms. The number of piperidine rings is 1. The fraction of sp³-hybridized carbons (Fsp3) is 0.923. The highest BCUT2D eigenvalue weighted by Crippen LogP contribution is 2.13. The molecule has 0 aromatic rings. The summed E-state index contributed by atoms with van der Waals surface area (Å²) in [7, 11) is 0. The molecule has 5 nitrogen and oxygen atoms in total. The molecule has 1 rings (SSSR count). The molecule has 0 aromatic heterocycles. The van der Waals surface area contributed by atoms with E-state index < -0.39 is 0 Å². The molecule has 0 aromatic carbocycles. The van der Waals surface area contributed by atoms with Gasteiger partial charge in [0.25, 0.3) is 0 Å². The van der Waals surface area contributed by atoms with Gasteiger partial charge in [-0.2, -0.15) is 0 Å². The number of hydrogen-bond acceptors (Lipinski definition) is 3. The third-order valence-electron chi connectivity index (χ3n) is 3.14. The first-order chi connectivity index (χ1) is 8.81. The van der Waals surface area contributed by atoms with Crippen LogP contribution in [0.2, 0.25) is 0 Å². The minimum absolute atomic E-state index is 0.323. The number of likely N-dealkylation sites (tertiary alicyclic amines) is 1. The van der Waals surface area contributed by atoms with Gasteiger partial charge in [-0.15, -0.1) is 0 Å². The van der Waals surface area contributed by atoms with Crippen molar-refractivity contribution < 1.29 is 4.74 Å². The highest BCUT2D eigenvalue weighted by Gasteiger charge is 2.22. The quantitative estimate of drug-likeness (QED) is 0.248. The van der Waals surface area contributed by atoms with Crippen molar-refractivity contribution in [3.05, 3.63) is 0 Å². The number of aliphatic imine (C=N–C) groups is 1. The molecule has 1 fully saturated rings. The standard InChI is InChI=1S/C13H28N4O/c1-3-5-8-15-13(16-14)17-9-6-7-12(11-17)18-10-4-2/h12H,3-11,14H2,1-2H3,(H,15,16). The largest absolute Gasteiger partial charge is 0.376 e. The summed E-state index contributed by atoms with van der Waals surface area (Å²) in [4.78, 5) is 6.73. The Morgan fingerprint density at radius 2 is 2.28 bits per heavy atom. The van der Waals surface area contributed by atoms with E-state index in [4.69, 9.17) is 10.6 Å². The van der Waals surface area contributed by atoms with E-state index in [0.717, 1.165) is 64.3 Å². The van der Waals surface area contributed by atoms with Crippen LogP contribution >= 0.6 is 0 Å². The maximum atomic E-state index is 5.82. The zero-order valence-electron chi connectivity index (χ0n) is 11.8. The number of rotatable bonds is 6. The lowest BCUT2D eigenvalue weighted by atomic mass is 10.1. The van der Waals surface area contributed by atoms with Gasteiger partial charge in [0, 0.05) is 26.2 Å². The van der Waals surface area contributed by atoms with E-state index in [-0.39, 0.29) is 0 Å². The summed E-state index contributed by atoms with van der Waals surface area (Å²) in [5.74, 6) is 6.38. The van der Waals surface area contributed by atoms with Crippen LogP contribution in [0.1, 0.15) is 46.0 Å². The van der Waals surface area contributed by atoms with E-state index in [1.165, 1.54) is 0 Å². The second kappa shape index (κ2) is 9.16. The van der Waals surface area contributed by atoms with E-state index in [9.17, 15) is 0 Å². The first-order valence-corrected chi connectivity index (χ1v) is 7.19. The molecule has 18 heavy (non-hydrogen) atoms. The highest BCUT2D eigenvalue weighted by molar-refractivity contribution is 5.79. The van der Waals surface area contributed by atoms with E-state index in [1.54, 1.807) is 0 Å². The fourth-order valence-corrected chi connectivity index (χ4v) is 2.13. The topological polar surface area (TPSA) is 62.9 Å². The molecule has 0 radical (unpaired) electrons. The molecule has 1 heterocycles. The predicted molar refractivity (Wildman–Crippen MR) is 75.4 cm³/mol. The normalized spacial score (nSPS) is 21.2. The number of guanidine groups is 1. The Kier molecular flexibility index (Phi) is 7.76. The molecule has 1 atom stereocenters. The summed E-state index contributed by atoms with van der Waals surface area (Å²) in [5.41, 5.74) is 2.73. The van der Waals surface area contributed by atoms with Crippen molar-refractivity contribution in [1.82, 2.24) is 10.3 Å². The molecule has 1 aliphatic heterocycles. The van der Waals surface area contributed by atoms with Gasteiger partial charge in [-0.05, 0) is 25.7 Å². The number of nitrogens with zero attached hydrogens (tertiary/aromatic N) is 2. The molecule has 106 valence electrons. The Morgan fingerprint density at radius 3 is 2.94 bits per heavy atom. The lowest BCUT2D eigenvalue weighted by Crippen LogP contribution is -2.50. The molecular weight excluding hydrogens is 228 g/mol. The van der Waals surface area contributed by atoms with Crippen molar-refractivity contribution >= 4 is 5.96 Å². The zero-order chi connectivity index (χ0) is 13.2. The fourth-order valence-electron chi connectivity index (χ4n) is 2.13. The maximum absolute atomic E-state index is 5.82. The lowest BCUT2D eigenvalue weighted by Gasteiger charge is -2.34. The van der Waals surface area contributed by atoms with Gasteiger partial charge in [0.15, 0.2) is 0 Å². The van der Waals surface area contributed by atoms with Crippen molar-refractivity contribution in [1.29, 1.82) is 0 Å². The molecule has 0 bridgehead atoms. The summed E-state index contributed by atoms with van der Waals surface area (Å²) in [6, 6.07) is 0. The first-order valence-electron chi connectivity index (χ1n) is 7.19. The van der Waals surface area contributed by atoms with Gasteiger partial charge >= 0.3 is 0 Å².